The van der Waals surface area contributed by atoms with Gasteiger partial charge in [-0.15, -0.1) is 0 Å². The molecule has 0 radical (unpaired) electrons. The van der Waals surface area contributed by atoms with Gasteiger partial charge in [-0.25, -0.2) is 0 Å². The molecule has 5 nitrogen and oxygen atoms in total. The lowest BCUT2D eigenvalue weighted by atomic mass is 10.0. The summed E-state index contributed by atoms with van der Waals surface area (Å²) >= 11 is 0. The van der Waals surface area contributed by atoms with E-state index in [2.05, 4.69) is 46.3 Å². The van der Waals surface area contributed by atoms with Crippen LogP contribution in [0.4, 0.5) is 5.69 Å². The van der Waals surface area contributed by atoms with Crippen molar-refractivity contribution < 1.29 is 9.53 Å². The highest BCUT2D eigenvalue weighted by Crippen LogP contribution is 2.29. The summed E-state index contributed by atoms with van der Waals surface area (Å²) in [6, 6.07) is 18.4. The van der Waals surface area contributed by atoms with Gasteiger partial charge in [0.15, 0.2) is 0 Å². The van der Waals surface area contributed by atoms with Gasteiger partial charge in [-0.05, 0) is 38.0 Å². The number of anilines is 1. The Balaban J connectivity index is 1.58. The van der Waals surface area contributed by atoms with Crippen LogP contribution >= 0.6 is 0 Å². The number of hydrogen-bond donors (Lipinski definition) is 1. The number of amides is 1. The molecule has 0 spiro atoms. The van der Waals surface area contributed by atoms with Crippen molar-refractivity contribution in [2.75, 3.05) is 37.7 Å². The van der Waals surface area contributed by atoms with Crippen LogP contribution in [-0.4, -0.2) is 49.6 Å². The first-order valence-electron chi connectivity index (χ1n) is 11.2. The molecule has 1 aliphatic rings. The zero-order valence-electron chi connectivity index (χ0n) is 18.5. The normalized spacial score (nSPS) is 16.7. The fourth-order valence-electron chi connectivity index (χ4n) is 4.10. The minimum Gasteiger partial charge on any atom is -0.492 e. The van der Waals surface area contributed by atoms with Crippen molar-refractivity contribution in [2.45, 2.75) is 45.7 Å². The Kier molecular flexibility index (Phi) is 8.14. The molecule has 1 fully saturated rings. The van der Waals surface area contributed by atoms with E-state index >= 15 is 0 Å². The molecule has 1 N–H and O–H groups in total. The fourth-order valence-corrected chi connectivity index (χ4v) is 4.10. The molecule has 162 valence electrons. The predicted octanol–water partition coefficient (Wildman–Crippen LogP) is 4.25. The number of nitrogens with zero attached hydrogens (tertiary/aromatic N) is 2. The molecule has 1 heterocycles. The Hall–Kier alpha value is -2.53. The summed E-state index contributed by atoms with van der Waals surface area (Å²) in [5.74, 6) is 1.05. The van der Waals surface area contributed by atoms with E-state index in [-0.39, 0.29) is 18.0 Å². The maximum absolute atomic E-state index is 13.0. The molecule has 0 bridgehead atoms. The smallest absolute Gasteiger partial charge is 0.237 e. The summed E-state index contributed by atoms with van der Waals surface area (Å²) in [5, 5.41) is 3.29. The van der Waals surface area contributed by atoms with Gasteiger partial charge in [0.25, 0.3) is 0 Å². The summed E-state index contributed by atoms with van der Waals surface area (Å²) in [7, 11) is 0. The quantitative estimate of drug-likeness (QED) is 0.672. The molecule has 0 aliphatic carbocycles. The highest BCUT2D eigenvalue weighted by atomic mass is 16.5. The van der Waals surface area contributed by atoms with E-state index in [1.807, 2.05) is 44.2 Å². The van der Waals surface area contributed by atoms with Gasteiger partial charge in [-0.1, -0.05) is 55.8 Å². The third-order valence-electron chi connectivity index (χ3n) is 5.84. The number of piperazine rings is 1. The number of para-hydroxylation sites is 2. The summed E-state index contributed by atoms with van der Waals surface area (Å²) in [6.45, 7) is 10.3. The van der Waals surface area contributed by atoms with Crippen molar-refractivity contribution in [3.05, 3.63) is 60.2 Å². The molecule has 2 atom stereocenters. The third-order valence-corrected chi connectivity index (χ3v) is 5.84. The van der Waals surface area contributed by atoms with Crippen molar-refractivity contribution in [3.8, 4) is 5.75 Å². The summed E-state index contributed by atoms with van der Waals surface area (Å²) < 4.78 is 5.79. The van der Waals surface area contributed by atoms with Crippen LogP contribution < -0.4 is 15.0 Å². The lowest BCUT2D eigenvalue weighted by Crippen LogP contribution is -2.54. The molecule has 30 heavy (non-hydrogen) atoms. The Bertz CT molecular complexity index is 788. The second kappa shape index (κ2) is 11.0. The van der Waals surface area contributed by atoms with Crippen molar-refractivity contribution in [2.24, 2.45) is 0 Å². The van der Waals surface area contributed by atoms with Crippen molar-refractivity contribution in [1.82, 2.24) is 10.2 Å². The highest BCUT2D eigenvalue weighted by molar-refractivity contribution is 5.81. The predicted molar refractivity (Wildman–Crippen MR) is 123 cm³/mol. The number of carbonyl (C=O) groups excluding carboxylic acids is 1. The molecule has 2 aromatic carbocycles. The monoisotopic (exact) mass is 409 g/mol. The Labute approximate surface area is 181 Å². The Morgan fingerprint density at radius 1 is 1.00 bits per heavy atom. The number of nitrogens with one attached hydrogen (secondary N) is 1. The standard InChI is InChI=1S/C25H35N3O2/c1-4-11-22(21-12-7-6-8-13-21)26-25(29)20(3)27-16-18-28(19-17-27)23-14-9-10-15-24(23)30-5-2/h6-10,12-15,20,22H,4-5,11,16-19H2,1-3H3,(H,26,29)/t20-,22+/m1/s1. The lowest BCUT2D eigenvalue weighted by Gasteiger charge is -2.39. The second-order valence-corrected chi connectivity index (χ2v) is 7.86. The van der Waals surface area contributed by atoms with E-state index < -0.39 is 0 Å². The number of rotatable bonds is 9. The van der Waals surface area contributed by atoms with Crippen LogP contribution in [0.3, 0.4) is 0 Å². The number of benzene rings is 2. The van der Waals surface area contributed by atoms with E-state index in [4.69, 9.17) is 4.74 Å². The molecule has 0 saturated carbocycles. The molecule has 2 aromatic rings. The molecule has 5 heteroatoms. The van der Waals surface area contributed by atoms with Crippen LogP contribution in [0.15, 0.2) is 54.6 Å². The fraction of sp³-hybridized carbons (Fsp3) is 0.480. The number of ether oxygens (including phenoxy) is 1. The molecular weight excluding hydrogens is 374 g/mol. The summed E-state index contributed by atoms with van der Waals surface area (Å²) in [5.41, 5.74) is 2.32. The summed E-state index contributed by atoms with van der Waals surface area (Å²) in [6.07, 6.45) is 1.98. The van der Waals surface area contributed by atoms with Gasteiger partial charge < -0.3 is 15.0 Å². The summed E-state index contributed by atoms with van der Waals surface area (Å²) in [4.78, 5) is 17.6. The Morgan fingerprint density at radius 2 is 1.67 bits per heavy atom. The van der Waals surface area contributed by atoms with Crippen molar-refractivity contribution >= 4 is 11.6 Å². The molecule has 1 amide bonds. The van der Waals surface area contributed by atoms with Gasteiger partial charge in [0, 0.05) is 26.2 Å². The van der Waals surface area contributed by atoms with Gasteiger partial charge in [0.2, 0.25) is 5.91 Å². The molecule has 1 aliphatic heterocycles. The molecular formula is C25H35N3O2. The zero-order chi connectivity index (χ0) is 21.3. The van der Waals surface area contributed by atoms with Gasteiger partial charge in [0.05, 0.1) is 24.4 Å². The maximum Gasteiger partial charge on any atom is 0.237 e. The van der Waals surface area contributed by atoms with Crippen molar-refractivity contribution in [3.63, 3.8) is 0 Å². The number of hydrogen-bond acceptors (Lipinski definition) is 4. The SMILES string of the molecule is CCC[C@H](NC(=O)[C@@H](C)N1CCN(c2ccccc2OCC)CC1)c1ccccc1. The first kappa shape index (κ1) is 22.2. The third kappa shape index (κ3) is 5.54. The second-order valence-electron chi connectivity index (χ2n) is 7.86. The van der Waals surface area contributed by atoms with E-state index in [9.17, 15) is 4.79 Å². The first-order valence-corrected chi connectivity index (χ1v) is 11.2. The van der Waals surface area contributed by atoms with Gasteiger partial charge in [0.1, 0.15) is 5.75 Å². The van der Waals surface area contributed by atoms with E-state index in [1.165, 1.54) is 5.56 Å². The van der Waals surface area contributed by atoms with Crippen LogP contribution in [0.5, 0.6) is 5.75 Å². The highest BCUT2D eigenvalue weighted by Gasteiger charge is 2.28. The largest absolute Gasteiger partial charge is 0.492 e. The number of carbonyl (C=O) groups is 1. The van der Waals surface area contributed by atoms with Crippen LogP contribution in [-0.2, 0) is 4.79 Å². The lowest BCUT2D eigenvalue weighted by molar-refractivity contribution is -0.126. The van der Waals surface area contributed by atoms with Crippen LogP contribution in [0.1, 0.15) is 45.2 Å². The van der Waals surface area contributed by atoms with E-state index in [0.29, 0.717) is 6.61 Å². The van der Waals surface area contributed by atoms with E-state index in [0.717, 1.165) is 50.5 Å². The maximum atomic E-state index is 13.0. The topological polar surface area (TPSA) is 44.8 Å². The first-order chi connectivity index (χ1) is 14.6. The molecule has 1 saturated heterocycles. The molecule has 0 unspecified atom stereocenters. The van der Waals surface area contributed by atoms with Crippen molar-refractivity contribution in [1.29, 1.82) is 0 Å². The average Bonchev–Trinajstić information content (AvgIpc) is 2.79. The van der Waals surface area contributed by atoms with E-state index in [1.54, 1.807) is 0 Å². The minimum atomic E-state index is -0.141. The van der Waals surface area contributed by atoms with Gasteiger partial charge in [-0.2, -0.15) is 0 Å². The minimum absolute atomic E-state index is 0.0745. The van der Waals surface area contributed by atoms with Crippen LogP contribution in [0, 0.1) is 0 Å². The Morgan fingerprint density at radius 3 is 2.33 bits per heavy atom. The average molecular weight is 410 g/mol. The van der Waals surface area contributed by atoms with Gasteiger partial charge >= 0.3 is 0 Å². The van der Waals surface area contributed by atoms with Crippen LogP contribution in [0.25, 0.3) is 0 Å². The van der Waals surface area contributed by atoms with Crippen LogP contribution in [0.2, 0.25) is 0 Å². The molecule has 3 rings (SSSR count). The van der Waals surface area contributed by atoms with Gasteiger partial charge in [-0.3, -0.25) is 9.69 Å². The zero-order valence-corrected chi connectivity index (χ0v) is 18.5. The molecule has 0 aromatic heterocycles.